The SMILES string of the molecule is C1CCCCC1.O=C([O-])CN(CCN(CC(=O)[O-])CC(=O)O)CC(=O)O.[Na+].[Na+]. The smallest absolute Gasteiger partial charge is 0.549 e. The largest absolute Gasteiger partial charge is 1.00 e. The van der Waals surface area contributed by atoms with Crippen molar-refractivity contribution < 1.29 is 98.7 Å². The third-order valence-electron chi connectivity index (χ3n) is 3.66. The standard InChI is InChI=1S/C10H16N2O8.C6H12.2Na/c13-7(14)3-11(4-8(15)16)1-2-12(5-9(17)18)6-10(19)20;1-2-4-6-5-3-1;;/h1-6H2,(H,13,14)(H,15,16)(H,17,18)(H,19,20);1-6H2;;/q;;2*+1/p-2. The molecule has 0 aromatic carbocycles. The van der Waals surface area contributed by atoms with E-state index in [9.17, 15) is 29.4 Å². The Morgan fingerprint density at radius 1 is 0.607 bits per heavy atom. The van der Waals surface area contributed by atoms with Crippen molar-refractivity contribution >= 4 is 23.9 Å². The molecule has 1 aliphatic carbocycles. The van der Waals surface area contributed by atoms with Crippen LogP contribution in [0, 0.1) is 0 Å². The molecule has 0 radical (unpaired) electrons. The first kappa shape index (κ1) is 32.5. The molecule has 1 aliphatic rings. The summed E-state index contributed by atoms with van der Waals surface area (Å²) >= 11 is 0. The van der Waals surface area contributed by atoms with Crippen LogP contribution in [0.2, 0.25) is 0 Å². The van der Waals surface area contributed by atoms with Crippen molar-refractivity contribution in [3.8, 4) is 0 Å². The van der Waals surface area contributed by atoms with Crippen molar-refractivity contribution in [3.05, 3.63) is 0 Å². The number of hydrogen-bond acceptors (Lipinski definition) is 8. The Labute approximate surface area is 208 Å². The van der Waals surface area contributed by atoms with Crippen LogP contribution in [0.25, 0.3) is 0 Å². The van der Waals surface area contributed by atoms with Crippen molar-refractivity contribution in [3.63, 3.8) is 0 Å². The quantitative estimate of drug-likeness (QED) is 0.307. The van der Waals surface area contributed by atoms with Gasteiger partial charge in [-0.1, -0.05) is 38.5 Å². The summed E-state index contributed by atoms with van der Waals surface area (Å²) in [6.07, 6.45) is 9.00. The zero-order valence-electron chi connectivity index (χ0n) is 16.7. The zero-order valence-corrected chi connectivity index (χ0v) is 20.7. The summed E-state index contributed by atoms with van der Waals surface area (Å²) in [4.78, 5) is 43.9. The van der Waals surface area contributed by atoms with Gasteiger partial charge in [0.05, 0.1) is 25.0 Å². The molecule has 0 aromatic rings. The third-order valence-corrected chi connectivity index (χ3v) is 3.66. The van der Waals surface area contributed by atoms with Crippen molar-refractivity contribution in [1.82, 2.24) is 9.80 Å². The van der Waals surface area contributed by atoms with E-state index < -0.39 is 50.1 Å². The number of carbonyl (C=O) groups is 4. The van der Waals surface area contributed by atoms with E-state index in [0.717, 1.165) is 9.80 Å². The molecule has 10 nitrogen and oxygen atoms in total. The van der Waals surface area contributed by atoms with E-state index in [1.165, 1.54) is 38.5 Å². The van der Waals surface area contributed by atoms with Gasteiger partial charge in [-0.3, -0.25) is 19.4 Å². The number of carboxylic acids is 4. The Morgan fingerprint density at radius 2 is 0.857 bits per heavy atom. The molecule has 0 aliphatic heterocycles. The van der Waals surface area contributed by atoms with Crippen molar-refractivity contribution in [1.29, 1.82) is 0 Å². The fraction of sp³-hybridized carbons (Fsp3) is 0.750. The molecule has 1 rings (SSSR count). The molecule has 1 fully saturated rings. The first-order chi connectivity index (χ1) is 12.2. The topological polar surface area (TPSA) is 161 Å². The number of nitrogens with zero attached hydrogens (tertiary/aromatic N) is 2. The molecule has 0 atom stereocenters. The van der Waals surface area contributed by atoms with Crippen molar-refractivity contribution in [2.75, 3.05) is 39.3 Å². The minimum absolute atomic E-state index is 0. The minimum atomic E-state index is -1.49. The maximum atomic E-state index is 10.5. The zero-order chi connectivity index (χ0) is 19.9. The van der Waals surface area contributed by atoms with Gasteiger partial charge in [0.25, 0.3) is 0 Å². The summed E-state index contributed by atoms with van der Waals surface area (Å²) in [6.45, 7) is -2.75. The summed E-state index contributed by atoms with van der Waals surface area (Å²) in [5.74, 6) is -5.52. The maximum Gasteiger partial charge on any atom is 1.00 e. The van der Waals surface area contributed by atoms with Crippen LogP contribution < -0.4 is 69.3 Å². The van der Waals surface area contributed by atoms with Gasteiger partial charge < -0.3 is 30.0 Å². The van der Waals surface area contributed by atoms with E-state index in [4.69, 9.17) is 10.2 Å². The normalized spacial score (nSPS) is 12.8. The summed E-state index contributed by atoms with van der Waals surface area (Å²) in [7, 11) is 0. The monoisotopic (exact) mass is 420 g/mol. The molecule has 0 amide bonds. The first-order valence-electron chi connectivity index (χ1n) is 8.48. The number of carbonyl (C=O) groups excluding carboxylic acids is 2. The molecule has 0 saturated heterocycles. The van der Waals surface area contributed by atoms with Gasteiger partial charge in [-0.25, -0.2) is 0 Å². The molecule has 150 valence electrons. The molecule has 0 heterocycles. The first-order valence-corrected chi connectivity index (χ1v) is 8.48. The van der Waals surface area contributed by atoms with Crippen LogP contribution in [0.4, 0.5) is 0 Å². The van der Waals surface area contributed by atoms with Crippen LogP contribution in [-0.2, 0) is 19.2 Å². The van der Waals surface area contributed by atoms with Gasteiger partial charge in [0.1, 0.15) is 0 Å². The van der Waals surface area contributed by atoms with Crippen LogP contribution >= 0.6 is 0 Å². The summed E-state index contributed by atoms with van der Waals surface area (Å²) in [6, 6.07) is 0. The van der Waals surface area contributed by atoms with Gasteiger partial charge in [-0.2, -0.15) is 0 Å². The van der Waals surface area contributed by atoms with E-state index in [1.54, 1.807) is 0 Å². The second-order valence-electron chi connectivity index (χ2n) is 6.07. The average molecular weight is 420 g/mol. The van der Waals surface area contributed by atoms with Gasteiger partial charge in [-0.15, -0.1) is 0 Å². The number of rotatable bonds is 11. The molecule has 0 spiro atoms. The number of hydrogen-bond donors (Lipinski definition) is 2. The molecule has 1 saturated carbocycles. The number of carboxylic acid groups (broad SMARTS) is 4. The average Bonchev–Trinajstić information content (AvgIpc) is 2.52. The Hall–Kier alpha value is -0.200. The van der Waals surface area contributed by atoms with Crippen LogP contribution in [0.3, 0.4) is 0 Å². The van der Waals surface area contributed by atoms with Gasteiger partial charge in [0.2, 0.25) is 0 Å². The second kappa shape index (κ2) is 20.1. The predicted molar refractivity (Wildman–Crippen MR) is 85.9 cm³/mol. The molecule has 12 heteroatoms. The fourth-order valence-electron chi connectivity index (χ4n) is 2.52. The van der Waals surface area contributed by atoms with E-state index in [2.05, 4.69) is 0 Å². The van der Waals surface area contributed by atoms with Crippen LogP contribution in [0.5, 0.6) is 0 Å². The van der Waals surface area contributed by atoms with E-state index in [-0.39, 0.29) is 72.2 Å². The molecule has 0 bridgehead atoms. The molecule has 0 unspecified atom stereocenters. The van der Waals surface area contributed by atoms with Crippen LogP contribution in [-0.4, -0.2) is 83.2 Å². The van der Waals surface area contributed by atoms with Crippen LogP contribution in [0.15, 0.2) is 0 Å². The van der Waals surface area contributed by atoms with Crippen molar-refractivity contribution in [2.45, 2.75) is 38.5 Å². The second-order valence-corrected chi connectivity index (χ2v) is 6.07. The van der Waals surface area contributed by atoms with Gasteiger partial charge in [0, 0.05) is 26.2 Å². The van der Waals surface area contributed by atoms with E-state index in [1.807, 2.05) is 0 Å². The Morgan fingerprint density at radius 3 is 1.04 bits per heavy atom. The molecule has 2 N–H and O–H groups in total. The molecule has 28 heavy (non-hydrogen) atoms. The Kier molecular flexibility index (Phi) is 23.3. The Balaban J connectivity index is -0.000000662. The van der Waals surface area contributed by atoms with Crippen molar-refractivity contribution in [2.24, 2.45) is 0 Å². The van der Waals surface area contributed by atoms with Gasteiger partial charge >= 0.3 is 71.1 Å². The molecule has 0 aromatic heterocycles. The minimum Gasteiger partial charge on any atom is -0.549 e. The third kappa shape index (κ3) is 22.1. The van der Waals surface area contributed by atoms with Crippen LogP contribution in [0.1, 0.15) is 38.5 Å². The summed E-state index contributed by atoms with van der Waals surface area (Å²) in [5.41, 5.74) is 0. The number of aliphatic carboxylic acids is 4. The predicted octanol–water partition coefficient (Wildman–Crippen LogP) is -8.39. The molecular formula is C16H26N2Na2O8. The fourth-order valence-corrected chi connectivity index (χ4v) is 2.52. The van der Waals surface area contributed by atoms with E-state index >= 15 is 0 Å². The van der Waals surface area contributed by atoms with E-state index in [0.29, 0.717) is 0 Å². The summed E-state index contributed by atoms with van der Waals surface area (Å²) in [5, 5.41) is 38.0. The van der Waals surface area contributed by atoms with Gasteiger partial charge in [-0.05, 0) is 0 Å². The summed E-state index contributed by atoms with van der Waals surface area (Å²) < 4.78 is 0. The van der Waals surface area contributed by atoms with Gasteiger partial charge in [0.15, 0.2) is 0 Å². The maximum absolute atomic E-state index is 10.5. The molecular weight excluding hydrogens is 394 g/mol. The Bertz CT molecular complexity index is 396.